The Labute approximate surface area is 141 Å². The number of aliphatic carboxylic acids is 1. The highest BCUT2D eigenvalue weighted by molar-refractivity contribution is 5.95. The van der Waals surface area contributed by atoms with E-state index in [0.717, 1.165) is 17.2 Å². The Balaban J connectivity index is 1.99. The average molecular weight is 349 g/mol. The van der Waals surface area contributed by atoms with E-state index in [1.165, 1.54) is 4.90 Å². The Hall–Kier alpha value is -2.83. The van der Waals surface area contributed by atoms with Crippen molar-refractivity contribution in [3.8, 4) is 0 Å². The maximum Gasteiger partial charge on any atom is 0.305 e. The van der Waals surface area contributed by atoms with Gasteiger partial charge in [0.15, 0.2) is 17.5 Å². The molecule has 1 aliphatic rings. The molecule has 4 nitrogen and oxygen atoms in total. The van der Waals surface area contributed by atoms with Crippen LogP contribution in [0.3, 0.4) is 0 Å². The maximum atomic E-state index is 14.0. The summed E-state index contributed by atoms with van der Waals surface area (Å²) in [7, 11) is 0. The molecule has 1 atom stereocenters. The molecule has 0 aliphatic carbocycles. The number of hydrogen-bond donors (Lipinski definition) is 1. The summed E-state index contributed by atoms with van der Waals surface area (Å²) in [4.78, 5) is 25.0. The molecule has 2 aromatic carbocycles. The second-order valence-electron chi connectivity index (χ2n) is 5.88. The van der Waals surface area contributed by atoms with Gasteiger partial charge in [-0.25, -0.2) is 13.2 Å². The lowest BCUT2D eigenvalue weighted by Gasteiger charge is -2.36. The SMILES string of the molecule is O=C(O)C[C@@H]1Cc2ccccc2CN1C(=O)c1ccc(F)c(F)c1F. The summed E-state index contributed by atoms with van der Waals surface area (Å²) in [6, 6.07) is 8.05. The van der Waals surface area contributed by atoms with E-state index >= 15 is 0 Å². The number of nitrogens with zero attached hydrogens (tertiary/aromatic N) is 1. The normalized spacial score (nSPS) is 16.4. The lowest BCUT2D eigenvalue weighted by molar-refractivity contribution is -0.138. The van der Waals surface area contributed by atoms with Gasteiger partial charge in [-0.15, -0.1) is 0 Å². The molecule has 130 valence electrons. The number of hydrogen-bond acceptors (Lipinski definition) is 2. The van der Waals surface area contributed by atoms with Crippen LogP contribution in [-0.2, 0) is 17.8 Å². The molecule has 0 fully saturated rings. The van der Waals surface area contributed by atoms with Crippen molar-refractivity contribution in [2.45, 2.75) is 25.4 Å². The molecular formula is C18H14F3NO3. The van der Waals surface area contributed by atoms with Gasteiger partial charge in [-0.1, -0.05) is 24.3 Å². The fourth-order valence-electron chi connectivity index (χ4n) is 3.05. The Bertz CT molecular complexity index is 853. The number of carbonyl (C=O) groups is 2. The third kappa shape index (κ3) is 3.22. The standard InChI is InChI=1S/C18H14F3NO3/c19-14-6-5-13(16(20)17(14)21)18(25)22-9-11-4-2-1-3-10(11)7-12(22)8-15(23)24/h1-6,12H,7-9H2,(H,23,24)/t12-/m0/s1. The number of carbonyl (C=O) groups excluding carboxylic acids is 1. The molecule has 0 unspecified atom stereocenters. The fourth-order valence-corrected chi connectivity index (χ4v) is 3.05. The van der Waals surface area contributed by atoms with Gasteiger partial charge in [0.1, 0.15) is 0 Å². The average Bonchev–Trinajstić information content (AvgIpc) is 2.58. The van der Waals surface area contributed by atoms with Gasteiger partial charge >= 0.3 is 5.97 Å². The molecule has 1 heterocycles. The number of benzene rings is 2. The molecule has 2 aromatic rings. The lowest BCUT2D eigenvalue weighted by atomic mass is 9.91. The first-order valence-corrected chi connectivity index (χ1v) is 7.61. The van der Waals surface area contributed by atoms with Crippen LogP contribution in [0.5, 0.6) is 0 Å². The van der Waals surface area contributed by atoms with Crippen LogP contribution in [0.4, 0.5) is 13.2 Å². The summed E-state index contributed by atoms with van der Waals surface area (Å²) < 4.78 is 40.5. The molecule has 0 saturated heterocycles. The van der Waals surface area contributed by atoms with Crippen LogP contribution >= 0.6 is 0 Å². The van der Waals surface area contributed by atoms with Crippen LogP contribution in [0.25, 0.3) is 0 Å². The number of fused-ring (bicyclic) bond motifs is 1. The predicted octanol–water partition coefficient (Wildman–Crippen LogP) is 3.15. The van der Waals surface area contributed by atoms with Gasteiger partial charge in [0.25, 0.3) is 5.91 Å². The van der Waals surface area contributed by atoms with E-state index in [2.05, 4.69) is 0 Å². The summed E-state index contributed by atoms with van der Waals surface area (Å²) >= 11 is 0. The van der Waals surface area contributed by atoms with Crippen molar-refractivity contribution < 1.29 is 27.9 Å². The van der Waals surface area contributed by atoms with E-state index in [4.69, 9.17) is 5.11 Å². The highest BCUT2D eigenvalue weighted by atomic mass is 19.2. The highest BCUT2D eigenvalue weighted by Crippen LogP contribution is 2.28. The van der Waals surface area contributed by atoms with Crippen LogP contribution in [0, 0.1) is 17.5 Å². The third-order valence-electron chi connectivity index (χ3n) is 4.29. The van der Waals surface area contributed by atoms with E-state index in [0.29, 0.717) is 12.5 Å². The third-order valence-corrected chi connectivity index (χ3v) is 4.29. The van der Waals surface area contributed by atoms with E-state index in [1.807, 2.05) is 12.1 Å². The molecule has 0 saturated carbocycles. The van der Waals surface area contributed by atoms with Gasteiger partial charge in [0, 0.05) is 12.6 Å². The van der Waals surface area contributed by atoms with Gasteiger partial charge in [-0.2, -0.15) is 0 Å². The largest absolute Gasteiger partial charge is 0.481 e. The molecule has 7 heteroatoms. The Kier molecular flexibility index (Phi) is 4.48. The number of halogens is 3. The van der Waals surface area contributed by atoms with Gasteiger partial charge in [-0.05, 0) is 29.7 Å². The molecule has 0 aromatic heterocycles. The predicted molar refractivity (Wildman–Crippen MR) is 82.4 cm³/mol. The smallest absolute Gasteiger partial charge is 0.305 e. The molecule has 3 rings (SSSR count). The molecule has 0 bridgehead atoms. The van der Waals surface area contributed by atoms with E-state index in [-0.39, 0.29) is 13.0 Å². The summed E-state index contributed by atoms with van der Waals surface area (Å²) in [6.45, 7) is 0.0748. The van der Waals surface area contributed by atoms with Crippen molar-refractivity contribution in [2.75, 3.05) is 0 Å². The molecule has 1 aliphatic heterocycles. The minimum Gasteiger partial charge on any atom is -0.481 e. The van der Waals surface area contributed by atoms with Crippen molar-refractivity contribution in [3.05, 3.63) is 70.5 Å². The second-order valence-corrected chi connectivity index (χ2v) is 5.88. The van der Waals surface area contributed by atoms with Gasteiger partial charge in [0.05, 0.1) is 12.0 Å². The monoisotopic (exact) mass is 349 g/mol. The molecule has 25 heavy (non-hydrogen) atoms. The first-order valence-electron chi connectivity index (χ1n) is 7.61. The van der Waals surface area contributed by atoms with Gasteiger partial charge in [-0.3, -0.25) is 9.59 Å². The summed E-state index contributed by atoms with van der Waals surface area (Å²) in [6.07, 6.45) is -0.0368. The number of carboxylic acid groups (broad SMARTS) is 1. The minimum absolute atomic E-state index is 0.0748. The zero-order valence-corrected chi connectivity index (χ0v) is 13.0. The van der Waals surface area contributed by atoms with Crippen molar-refractivity contribution in [2.24, 2.45) is 0 Å². The minimum atomic E-state index is -1.72. The maximum absolute atomic E-state index is 14.0. The van der Waals surface area contributed by atoms with Gasteiger partial charge < -0.3 is 10.0 Å². The summed E-state index contributed by atoms with van der Waals surface area (Å²) in [5.74, 6) is -6.65. The Morgan fingerprint density at radius 2 is 1.72 bits per heavy atom. The number of carboxylic acids is 1. The molecule has 1 N–H and O–H groups in total. The van der Waals surface area contributed by atoms with Crippen LogP contribution in [0.1, 0.15) is 27.9 Å². The van der Waals surface area contributed by atoms with Crippen molar-refractivity contribution in [3.63, 3.8) is 0 Å². The second kappa shape index (κ2) is 6.58. The molecule has 0 radical (unpaired) electrons. The van der Waals surface area contributed by atoms with E-state index in [1.54, 1.807) is 12.1 Å². The van der Waals surface area contributed by atoms with Crippen molar-refractivity contribution in [1.82, 2.24) is 4.90 Å². The van der Waals surface area contributed by atoms with Crippen molar-refractivity contribution in [1.29, 1.82) is 0 Å². The van der Waals surface area contributed by atoms with Crippen LogP contribution in [0.15, 0.2) is 36.4 Å². The topological polar surface area (TPSA) is 57.6 Å². The summed E-state index contributed by atoms with van der Waals surface area (Å²) in [5.41, 5.74) is 1.10. The van der Waals surface area contributed by atoms with Crippen LogP contribution in [-0.4, -0.2) is 27.9 Å². The fraction of sp³-hybridized carbons (Fsp3) is 0.222. The van der Waals surface area contributed by atoms with Crippen LogP contribution in [0.2, 0.25) is 0 Å². The lowest BCUT2D eigenvalue weighted by Crippen LogP contribution is -2.45. The Morgan fingerprint density at radius 1 is 1.04 bits per heavy atom. The number of rotatable bonds is 3. The molecule has 0 spiro atoms. The van der Waals surface area contributed by atoms with Crippen molar-refractivity contribution >= 4 is 11.9 Å². The summed E-state index contributed by atoms with van der Waals surface area (Å²) in [5, 5.41) is 9.10. The number of amides is 1. The Morgan fingerprint density at radius 3 is 2.40 bits per heavy atom. The van der Waals surface area contributed by atoms with E-state index in [9.17, 15) is 22.8 Å². The quantitative estimate of drug-likeness (QED) is 0.866. The first-order chi connectivity index (χ1) is 11.9. The zero-order chi connectivity index (χ0) is 18.1. The van der Waals surface area contributed by atoms with Gasteiger partial charge in [0.2, 0.25) is 0 Å². The molecular weight excluding hydrogens is 335 g/mol. The highest BCUT2D eigenvalue weighted by Gasteiger charge is 2.33. The van der Waals surface area contributed by atoms with Crippen LogP contribution < -0.4 is 0 Å². The molecule has 1 amide bonds. The first kappa shape index (κ1) is 17.0. The zero-order valence-electron chi connectivity index (χ0n) is 13.0. The van der Waals surface area contributed by atoms with E-state index < -0.39 is 40.9 Å².